The van der Waals surface area contributed by atoms with Crippen LogP contribution in [0.15, 0.2) is 30.3 Å². The molecule has 2 fully saturated rings. The first-order valence-electron chi connectivity index (χ1n) is 9.32. The van der Waals surface area contributed by atoms with Crippen LogP contribution in [-0.2, 0) is 11.3 Å². The molecule has 3 rings (SSSR count). The Labute approximate surface area is 170 Å². The number of carbonyl (C=O) groups excluding carboxylic acids is 1. The predicted octanol–water partition coefficient (Wildman–Crippen LogP) is 2.96. The average molecular weight is 402 g/mol. The van der Waals surface area contributed by atoms with E-state index in [2.05, 4.69) is 66.6 Å². The van der Waals surface area contributed by atoms with E-state index >= 15 is 0 Å². The summed E-state index contributed by atoms with van der Waals surface area (Å²) in [5, 5.41) is 6.62. The number of benzene rings is 1. The number of rotatable bonds is 5. The lowest BCUT2D eigenvalue weighted by Crippen LogP contribution is -2.57. The number of nitrogens with one attached hydrogen (secondary N) is 2. The molecule has 148 valence electrons. The van der Waals surface area contributed by atoms with Crippen LogP contribution in [0.4, 0.5) is 0 Å². The van der Waals surface area contributed by atoms with E-state index < -0.39 is 0 Å². The highest BCUT2D eigenvalue weighted by molar-refractivity contribution is 5.85. The number of likely N-dealkylation sites (tertiary alicyclic amines) is 1. The van der Waals surface area contributed by atoms with E-state index in [1.807, 2.05) is 0 Å². The van der Waals surface area contributed by atoms with Gasteiger partial charge >= 0.3 is 0 Å². The molecule has 4 nitrogen and oxygen atoms in total. The standard InChI is InChI=1S/C20H31N3O.2ClH/c1-14-11-23(13-17-7-5-4-6-8-17)12-15(2)19(14)22-20(24)16(3)18-9-21-10-18;;/h4-8,14-16,18-19,21H,9-13H2,1-3H3,(H,22,24);2*1H. The van der Waals surface area contributed by atoms with Crippen molar-refractivity contribution in [2.45, 2.75) is 33.4 Å². The van der Waals surface area contributed by atoms with Crippen molar-refractivity contribution >= 4 is 30.7 Å². The Bertz CT molecular complexity index is 541. The Balaban J connectivity index is 0.00000169. The summed E-state index contributed by atoms with van der Waals surface area (Å²) in [6.45, 7) is 11.7. The zero-order valence-corrected chi connectivity index (χ0v) is 17.6. The van der Waals surface area contributed by atoms with Crippen molar-refractivity contribution in [3.05, 3.63) is 35.9 Å². The van der Waals surface area contributed by atoms with Crippen LogP contribution in [0.5, 0.6) is 0 Å². The Kier molecular flexibility index (Phi) is 9.39. The number of amides is 1. The van der Waals surface area contributed by atoms with Crippen LogP contribution in [0, 0.1) is 23.7 Å². The van der Waals surface area contributed by atoms with Gasteiger partial charge in [-0.3, -0.25) is 9.69 Å². The minimum Gasteiger partial charge on any atom is -0.352 e. The molecule has 2 aliphatic rings. The molecular weight excluding hydrogens is 369 g/mol. The number of nitrogens with zero attached hydrogens (tertiary/aromatic N) is 1. The molecule has 0 aromatic heterocycles. The maximum Gasteiger partial charge on any atom is 0.223 e. The SMILES string of the molecule is CC1CN(Cc2ccccc2)CC(C)C1NC(=O)C(C)C1CNC1.Cl.Cl. The molecule has 2 N–H and O–H groups in total. The van der Waals surface area contributed by atoms with Crippen molar-refractivity contribution in [3.63, 3.8) is 0 Å². The zero-order valence-electron chi connectivity index (χ0n) is 16.0. The predicted molar refractivity (Wildman–Crippen MR) is 112 cm³/mol. The number of hydrogen-bond donors (Lipinski definition) is 2. The Hall–Kier alpha value is -0.810. The molecule has 6 heteroatoms. The monoisotopic (exact) mass is 401 g/mol. The third-order valence-electron chi connectivity index (χ3n) is 5.81. The second-order valence-electron chi connectivity index (χ2n) is 7.88. The van der Waals surface area contributed by atoms with E-state index in [9.17, 15) is 4.79 Å². The van der Waals surface area contributed by atoms with Crippen molar-refractivity contribution in [2.75, 3.05) is 26.2 Å². The van der Waals surface area contributed by atoms with Crippen LogP contribution >= 0.6 is 24.8 Å². The average Bonchev–Trinajstić information content (AvgIpc) is 2.50. The Morgan fingerprint density at radius 3 is 2.23 bits per heavy atom. The largest absolute Gasteiger partial charge is 0.352 e. The summed E-state index contributed by atoms with van der Waals surface area (Å²) in [6.07, 6.45) is 0. The van der Waals surface area contributed by atoms with Gasteiger partial charge in [0.2, 0.25) is 5.91 Å². The summed E-state index contributed by atoms with van der Waals surface area (Å²) < 4.78 is 0. The van der Waals surface area contributed by atoms with E-state index in [0.717, 1.165) is 32.7 Å². The highest BCUT2D eigenvalue weighted by atomic mass is 35.5. The van der Waals surface area contributed by atoms with Crippen molar-refractivity contribution in [3.8, 4) is 0 Å². The summed E-state index contributed by atoms with van der Waals surface area (Å²) in [6, 6.07) is 10.9. The Morgan fingerprint density at radius 1 is 1.15 bits per heavy atom. The van der Waals surface area contributed by atoms with Gasteiger partial charge in [0.25, 0.3) is 0 Å². The molecule has 0 saturated carbocycles. The lowest BCUT2D eigenvalue weighted by molar-refractivity contribution is -0.128. The number of halogens is 2. The molecule has 0 radical (unpaired) electrons. The first-order chi connectivity index (χ1) is 11.5. The maximum atomic E-state index is 12.6. The van der Waals surface area contributed by atoms with E-state index in [1.165, 1.54) is 5.56 Å². The van der Waals surface area contributed by atoms with Gasteiger partial charge in [0.15, 0.2) is 0 Å². The first kappa shape index (κ1) is 23.2. The van der Waals surface area contributed by atoms with Crippen LogP contribution < -0.4 is 10.6 Å². The summed E-state index contributed by atoms with van der Waals surface area (Å²) in [4.78, 5) is 15.1. The van der Waals surface area contributed by atoms with Crippen LogP contribution in [0.3, 0.4) is 0 Å². The Morgan fingerprint density at radius 2 is 1.73 bits per heavy atom. The van der Waals surface area contributed by atoms with Gasteiger partial charge in [0.1, 0.15) is 0 Å². The minimum atomic E-state index is 0. The van der Waals surface area contributed by atoms with E-state index in [0.29, 0.717) is 23.8 Å². The quantitative estimate of drug-likeness (QED) is 0.796. The summed E-state index contributed by atoms with van der Waals surface area (Å²) in [7, 11) is 0. The van der Waals surface area contributed by atoms with Crippen molar-refractivity contribution in [1.29, 1.82) is 0 Å². The number of carbonyl (C=O) groups is 1. The third kappa shape index (κ3) is 5.59. The molecule has 3 atom stereocenters. The van der Waals surface area contributed by atoms with Crippen molar-refractivity contribution < 1.29 is 4.79 Å². The van der Waals surface area contributed by atoms with Gasteiger partial charge in [-0.2, -0.15) is 0 Å². The van der Waals surface area contributed by atoms with Crippen LogP contribution in [0.1, 0.15) is 26.3 Å². The molecule has 26 heavy (non-hydrogen) atoms. The molecule has 1 aromatic carbocycles. The second-order valence-corrected chi connectivity index (χ2v) is 7.88. The molecule has 0 aliphatic carbocycles. The van der Waals surface area contributed by atoms with Gasteiger partial charge in [0.05, 0.1) is 0 Å². The van der Waals surface area contributed by atoms with Crippen LogP contribution in [0.2, 0.25) is 0 Å². The zero-order chi connectivity index (χ0) is 17.1. The molecular formula is C20H33Cl2N3O. The molecule has 0 spiro atoms. The van der Waals surface area contributed by atoms with Crippen LogP contribution in [-0.4, -0.2) is 43.0 Å². The van der Waals surface area contributed by atoms with E-state index in [4.69, 9.17) is 0 Å². The normalized spacial score (nSPS) is 27.4. The van der Waals surface area contributed by atoms with E-state index in [1.54, 1.807) is 0 Å². The van der Waals surface area contributed by atoms with Crippen molar-refractivity contribution in [2.24, 2.45) is 23.7 Å². The molecule has 1 aromatic rings. The first-order valence-corrected chi connectivity index (χ1v) is 9.32. The van der Waals surface area contributed by atoms with Crippen molar-refractivity contribution in [1.82, 2.24) is 15.5 Å². The minimum absolute atomic E-state index is 0. The summed E-state index contributed by atoms with van der Waals surface area (Å²) in [5.41, 5.74) is 1.37. The topological polar surface area (TPSA) is 44.4 Å². The van der Waals surface area contributed by atoms with E-state index in [-0.39, 0.29) is 36.6 Å². The smallest absolute Gasteiger partial charge is 0.223 e. The fraction of sp³-hybridized carbons (Fsp3) is 0.650. The van der Waals surface area contributed by atoms with Gasteiger partial charge in [-0.1, -0.05) is 51.1 Å². The van der Waals surface area contributed by atoms with Gasteiger partial charge in [-0.05, 0) is 36.4 Å². The number of piperidine rings is 1. The highest BCUT2D eigenvalue weighted by Gasteiger charge is 2.35. The fourth-order valence-corrected chi connectivity index (χ4v) is 4.11. The summed E-state index contributed by atoms with van der Waals surface area (Å²) >= 11 is 0. The lowest BCUT2D eigenvalue weighted by atomic mass is 9.83. The fourth-order valence-electron chi connectivity index (χ4n) is 4.11. The van der Waals surface area contributed by atoms with Gasteiger partial charge < -0.3 is 10.6 Å². The molecule has 0 bridgehead atoms. The maximum absolute atomic E-state index is 12.6. The second kappa shape index (κ2) is 10.5. The third-order valence-corrected chi connectivity index (χ3v) is 5.81. The van der Waals surface area contributed by atoms with Gasteiger partial charge in [-0.25, -0.2) is 0 Å². The van der Waals surface area contributed by atoms with Gasteiger partial charge in [-0.15, -0.1) is 24.8 Å². The lowest BCUT2D eigenvalue weighted by Gasteiger charge is -2.42. The molecule has 2 saturated heterocycles. The molecule has 3 unspecified atom stereocenters. The molecule has 2 heterocycles. The molecule has 2 aliphatic heterocycles. The van der Waals surface area contributed by atoms with Crippen LogP contribution in [0.25, 0.3) is 0 Å². The summed E-state index contributed by atoms with van der Waals surface area (Å²) in [5.74, 6) is 1.82. The number of hydrogen-bond acceptors (Lipinski definition) is 3. The molecule has 1 amide bonds. The van der Waals surface area contributed by atoms with Gasteiger partial charge in [0, 0.05) is 31.6 Å². The highest BCUT2D eigenvalue weighted by Crippen LogP contribution is 2.25.